The molecule has 3 N–H and O–H groups in total. The molecule has 4 rings (SSSR count). The summed E-state index contributed by atoms with van der Waals surface area (Å²) < 4.78 is 0. The van der Waals surface area contributed by atoms with E-state index in [1.165, 1.54) is 12.4 Å². The summed E-state index contributed by atoms with van der Waals surface area (Å²) in [5.41, 5.74) is 6.03. The van der Waals surface area contributed by atoms with Gasteiger partial charge < -0.3 is 5.32 Å². The highest BCUT2D eigenvalue weighted by Crippen LogP contribution is 2.26. The third-order valence-electron chi connectivity index (χ3n) is 5.05. The molecule has 0 radical (unpaired) electrons. The smallest absolute Gasteiger partial charge is 0.273 e. The summed E-state index contributed by atoms with van der Waals surface area (Å²) in [7, 11) is 0. The Kier molecular flexibility index (Phi) is 7.59. The Morgan fingerprint density at radius 1 is 1.09 bits per heavy atom. The highest BCUT2D eigenvalue weighted by Gasteiger charge is 2.17. The number of aromatic nitrogens is 3. The lowest BCUT2D eigenvalue weighted by atomic mass is 10.1. The molecular weight excluding hydrogens is 484 g/mol. The molecule has 0 aliphatic carbocycles. The molecular formula is C25H21ClN6O2S. The molecule has 1 unspecified atom stereocenters. The lowest BCUT2D eigenvalue weighted by Crippen LogP contribution is -2.21. The van der Waals surface area contributed by atoms with Crippen LogP contribution in [0.5, 0.6) is 0 Å². The van der Waals surface area contributed by atoms with E-state index in [0.717, 1.165) is 16.7 Å². The third kappa shape index (κ3) is 6.14. The number of thiol groups is 1. The second-order valence-corrected chi connectivity index (χ2v) is 8.61. The van der Waals surface area contributed by atoms with Gasteiger partial charge in [0, 0.05) is 10.6 Å². The van der Waals surface area contributed by atoms with Gasteiger partial charge in [0.2, 0.25) is 0 Å². The number of halogens is 1. The summed E-state index contributed by atoms with van der Waals surface area (Å²) in [6, 6.07) is 19.3. The number of anilines is 1. The molecule has 2 amide bonds. The van der Waals surface area contributed by atoms with E-state index < -0.39 is 11.8 Å². The first-order chi connectivity index (χ1) is 16.9. The quantitative estimate of drug-likeness (QED) is 0.164. The van der Waals surface area contributed by atoms with Crippen LogP contribution in [0.1, 0.15) is 48.5 Å². The Morgan fingerprint density at radius 2 is 1.91 bits per heavy atom. The first-order valence-electron chi connectivity index (χ1n) is 10.5. The third-order valence-corrected chi connectivity index (χ3v) is 5.83. The first-order valence-corrected chi connectivity index (χ1v) is 11.4. The van der Waals surface area contributed by atoms with Crippen molar-refractivity contribution in [1.82, 2.24) is 20.6 Å². The minimum Gasteiger partial charge on any atom is -0.321 e. The molecule has 0 spiro atoms. The van der Waals surface area contributed by atoms with Gasteiger partial charge in [0.25, 0.3) is 11.8 Å². The lowest BCUT2D eigenvalue weighted by molar-refractivity contribution is 0.0956. The second kappa shape index (κ2) is 11.0. The Hall–Kier alpha value is -3.95. The van der Waals surface area contributed by atoms with Gasteiger partial charge in [-0.3, -0.25) is 14.7 Å². The molecule has 1 atom stereocenters. The molecule has 0 aliphatic heterocycles. The van der Waals surface area contributed by atoms with Crippen molar-refractivity contribution in [3.8, 4) is 0 Å². The number of carbonyl (C=O) groups excluding carboxylic acids is 2. The summed E-state index contributed by atoms with van der Waals surface area (Å²) >= 11 is 10.7. The predicted molar refractivity (Wildman–Crippen MR) is 139 cm³/mol. The molecule has 176 valence electrons. The van der Waals surface area contributed by atoms with E-state index in [1.807, 2.05) is 37.3 Å². The normalized spacial score (nSPS) is 11.9. The number of hydrazone groups is 1. The Balaban J connectivity index is 1.50. The number of aryl methyl sites for hydroxylation is 1. The van der Waals surface area contributed by atoms with Gasteiger partial charge in [-0.2, -0.15) is 22.8 Å². The van der Waals surface area contributed by atoms with Gasteiger partial charge in [-0.05, 0) is 48.4 Å². The van der Waals surface area contributed by atoms with Gasteiger partial charge >= 0.3 is 0 Å². The minimum absolute atomic E-state index is 0.178. The molecule has 4 aromatic rings. The predicted octanol–water partition coefficient (Wildman–Crippen LogP) is 4.80. The molecule has 0 aliphatic rings. The molecule has 0 saturated heterocycles. The standard InChI is InChI=1S/C25H21ClN6O2S/c1-15-4-2-5-16(10-15)13-28-32-25(34)20-12-19(26)8-9-21(20)30-24(33)18-7-3-6-17(11-18)22(35)23-27-14-29-31-23/h2-14,22,35H,1H3,(H,30,33)(H,32,34)(H,27,29,31)/b28-13+. The highest BCUT2D eigenvalue weighted by atomic mass is 35.5. The Morgan fingerprint density at radius 3 is 2.69 bits per heavy atom. The van der Waals surface area contributed by atoms with Crippen LogP contribution in [0.4, 0.5) is 5.69 Å². The van der Waals surface area contributed by atoms with Crippen LogP contribution in [0.3, 0.4) is 0 Å². The second-order valence-electron chi connectivity index (χ2n) is 7.66. The summed E-state index contributed by atoms with van der Waals surface area (Å²) in [6.07, 6.45) is 2.94. The van der Waals surface area contributed by atoms with E-state index in [-0.39, 0.29) is 10.8 Å². The molecule has 3 aromatic carbocycles. The zero-order valence-corrected chi connectivity index (χ0v) is 20.2. The van der Waals surface area contributed by atoms with E-state index in [0.29, 0.717) is 22.1 Å². The zero-order valence-electron chi connectivity index (χ0n) is 18.6. The van der Waals surface area contributed by atoms with Crippen molar-refractivity contribution in [3.05, 3.63) is 112 Å². The summed E-state index contributed by atoms with van der Waals surface area (Å²) in [5.74, 6) is -0.348. The molecule has 10 heteroatoms. The Bertz CT molecular complexity index is 1390. The van der Waals surface area contributed by atoms with Gasteiger partial charge in [0.05, 0.1) is 22.7 Å². The number of nitrogens with one attached hydrogen (secondary N) is 3. The molecule has 8 nitrogen and oxygen atoms in total. The van der Waals surface area contributed by atoms with Gasteiger partial charge in [0.1, 0.15) is 12.2 Å². The van der Waals surface area contributed by atoms with Gasteiger partial charge in [-0.25, -0.2) is 10.4 Å². The SMILES string of the molecule is Cc1cccc(/C=N/NC(=O)c2cc(Cl)ccc2NC(=O)c2cccc(C(S)c3ncn[nH]3)c2)c1. The van der Waals surface area contributed by atoms with Crippen LogP contribution >= 0.6 is 24.2 Å². The van der Waals surface area contributed by atoms with Crippen molar-refractivity contribution in [3.63, 3.8) is 0 Å². The number of rotatable bonds is 7. The minimum atomic E-state index is -0.513. The average molecular weight is 505 g/mol. The fourth-order valence-electron chi connectivity index (χ4n) is 3.34. The van der Waals surface area contributed by atoms with E-state index in [9.17, 15) is 9.59 Å². The van der Waals surface area contributed by atoms with E-state index in [2.05, 4.69) is 43.7 Å². The number of H-pyrrole nitrogens is 1. The van der Waals surface area contributed by atoms with Crippen molar-refractivity contribution < 1.29 is 9.59 Å². The average Bonchev–Trinajstić information content (AvgIpc) is 3.40. The van der Waals surface area contributed by atoms with Crippen LogP contribution in [-0.4, -0.2) is 33.2 Å². The number of amides is 2. The summed E-state index contributed by atoms with van der Waals surface area (Å²) in [5, 5.41) is 13.4. The van der Waals surface area contributed by atoms with Crippen LogP contribution in [-0.2, 0) is 0 Å². The topological polar surface area (TPSA) is 112 Å². The van der Waals surface area contributed by atoms with Gasteiger partial charge in [-0.1, -0.05) is 53.6 Å². The van der Waals surface area contributed by atoms with Crippen LogP contribution in [0, 0.1) is 6.92 Å². The molecule has 0 bridgehead atoms. The summed E-state index contributed by atoms with van der Waals surface area (Å²) in [4.78, 5) is 29.9. The molecule has 0 fully saturated rings. The van der Waals surface area contributed by atoms with Crippen LogP contribution in [0.2, 0.25) is 5.02 Å². The van der Waals surface area contributed by atoms with E-state index in [1.54, 1.807) is 36.5 Å². The van der Waals surface area contributed by atoms with Crippen LogP contribution in [0.25, 0.3) is 0 Å². The van der Waals surface area contributed by atoms with Crippen molar-refractivity contribution >= 4 is 47.9 Å². The lowest BCUT2D eigenvalue weighted by Gasteiger charge is -2.12. The van der Waals surface area contributed by atoms with Crippen molar-refractivity contribution in [2.75, 3.05) is 5.32 Å². The maximum atomic E-state index is 13.0. The van der Waals surface area contributed by atoms with E-state index in [4.69, 9.17) is 11.6 Å². The molecule has 1 aromatic heterocycles. The van der Waals surface area contributed by atoms with Gasteiger partial charge in [0.15, 0.2) is 0 Å². The number of nitrogens with zero attached hydrogens (tertiary/aromatic N) is 3. The van der Waals surface area contributed by atoms with Crippen molar-refractivity contribution in [2.24, 2.45) is 5.10 Å². The van der Waals surface area contributed by atoms with Crippen molar-refractivity contribution in [1.29, 1.82) is 0 Å². The fourth-order valence-corrected chi connectivity index (χ4v) is 3.80. The number of carbonyl (C=O) groups is 2. The number of benzene rings is 3. The van der Waals surface area contributed by atoms with Crippen LogP contribution < -0.4 is 10.7 Å². The monoisotopic (exact) mass is 504 g/mol. The first kappa shape index (κ1) is 24.2. The number of hydrogen-bond acceptors (Lipinski definition) is 6. The Labute approximate surface area is 212 Å². The molecule has 35 heavy (non-hydrogen) atoms. The molecule has 0 saturated carbocycles. The fraction of sp³-hybridized carbons (Fsp3) is 0.0800. The van der Waals surface area contributed by atoms with Gasteiger partial charge in [-0.15, -0.1) is 0 Å². The zero-order chi connectivity index (χ0) is 24.8. The van der Waals surface area contributed by atoms with Crippen LogP contribution in [0.15, 0.2) is 78.2 Å². The highest BCUT2D eigenvalue weighted by molar-refractivity contribution is 7.80. The maximum Gasteiger partial charge on any atom is 0.273 e. The summed E-state index contributed by atoms with van der Waals surface area (Å²) in [6.45, 7) is 1.97. The largest absolute Gasteiger partial charge is 0.321 e. The molecule has 1 heterocycles. The number of hydrogen-bond donors (Lipinski definition) is 4. The van der Waals surface area contributed by atoms with E-state index >= 15 is 0 Å². The maximum absolute atomic E-state index is 13.0. The number of aromatic amines is 1. The van der Waals surface area contributed by atoms with Crippen molar-refractivity contribution in [2.45, 2.75) is 12.2 Å².